The molecule has 1 aromatic carbocycles. The molecule has 3 heterocycles. The third kappa shape index (κ3) is 3.19. The van der Waals surface area contributed by atoms with Gasteiger partial charge >= 0.3 is 0 Å². The number of anilines is 1. The number of aromatic nitrogens is 2. The zero-order valence-electron chi connectivity index (χ0n) is 18.4. The van der Waals surface area contributed by atoms with E-state index in [0.29, 0.717) is 11.2 Å². The van der Waals surface area contributed by atoms with E-state index in [9.17, 15) is 9.90 Å². The number of primary amides is 1. The topological polar surface area (TPSA) is 83.9 Å². The molecule has 166 valence electrons. The summed E-state index contributed by atoms with van der Waals surface area (Å²) in [7, 11) is 0. The van der Waals surface area contributed by atoms with Gasteiger partial charge in [-0.15, -0.1) is 12.4 Å². The van der Waals surface area contributed by atoms with E-state index in [4.69, 9.17) is 10.7 Å². The number of piperidine rings is 1. The van der Waals surface area contributed by atoms with E-state index < -0.39 is 5.91 Å². The fraction of sp³-hybridized carbons (Fsp3) is 0.500. The van der Waals surface area contributed by atoms with Crippen molar-refractivity contribution in [1.82, 2.24) is 9.38 Å². The lowest BCUT2D eigenvalue weighted by Gasteiger charge is -2.40. The third-order valence-corrected chi connectivity index (χ3v) is 7.39. The average molecular weight is 443 g/mol. The molecule has 1 aliphatic heterocycles. The number of nitrogens with two attached hydrogens (primary N) is 1. The number of amides is 1. The van der Waals surface area contributed by atoms with Crippen molar-refractivity contribution < 1.29 is 9.90 Å². The predicted octanol–water partition coefficient (Wildman–Crippen LogP) is 3.83. The number of fused-ring (bicyclic) bond motifs is 4. The van der Waals surface area contributed by atoms with Gasteiger partial charge in [-0.2, -0.15) is 0 Å². The predicted molar refractivity (Wildman–Crippen MR) is 126 cm³/mol. The summed E-state index contributed by atoms with van der Waals surface area (Å²) in [5.41, 5.74) is 11.2. The molecule has 1 fully saturated rings. The van der Waals surface area contributed by atoms with Crippen LogP contribution in [0.3, 0.4) is 0 Å². The van der Waals surface area contributed by atoms with Gasteiger partial charge in [0.1, 0.15) is 5.82 Å². The molecule has 2 aliphatic rings. The average Bonchev–Trinajstić information content (AvgIpc) is 3.25. The van der Waals surface area contributed by atoms with E-state index in [-0.39, 0.29) is 29.8 Å². The first-order chi connectivity index (χ1) is 14.3. The highest BCUT2D eigenvalue weighted by Gasteiger charge is 2.40. The van der Waals surface area contributed by atoms with E-state index >= 15 is 0 Å². The summed E-state index contributed by atoms with van der Waals surface area (Å²) < 4.78 is 2.16. The van der Waals surface area contributed by atoms with Gasteiger partial charge in [0.05, 0.1) is 16.6 Å². The molecule has 0 spiro atoms. The zero-order valence-corrected chi connectivity index (χ0v) is 19.3. The van der Waals surface area contributed by atoms with Crippen LogP contribution < -0.4 is 10.6 Å². The number of imidazole rings is 1. The van der Waals surface area contributed by atoms with E-state index in [1.807, 2.05) is 18.2 Å². The molecule has 0 saturated carbocycles. The number of para-hydroxylation sites is 2. The van der Waals surface area contributed by atoms with Crippen molar-refractivity contribution in [3.63, 3.8) is 0 Å². The van der Waals surface area contributed by atoms with E-state index in [0.717, 1.165) is 61.2 Å². The van der Waals surface area contributed by atoms with Gasteiger partial charge in [0, 0.05) is 19.7 Å². The number of pyridine rings is 1. The van der Waals surface area contributed by atoms with Gasteiger partial charge in [0.25, 0.3) is 5.91 Å². The fourth-order valence-electron chi connectivity index (χ4n) is 5.45. The first-order valence-corrected chi connectivity index (χ1v) is 10.9. The van der Waals surface area contributed by atoms with Crippen LogP contribution >= 0.6 is 12.4 Å². The summed E-state index contributed by atoms with van der Waals surface area (Å²) in [6.45, 7) is 8.54. The number of nitrogens with zero attached hydrogens (tertiary/aromatic N) is 3. The summed E-state index contributed by atoms with van der Waals surface area (Å²) in [5, 5.41) is 9.82. The van der Waals surface area contributed by atoms with E-state index in [1.54, 1.807) is 0 Å². The van der Waals surface area contributed by atoms with Crippen LogP contribution in [-0.4, -0.2) is 40.1 Å². The van der Waals surface area contributed by atoms with Crippen molar-refractivity contribution >= 4 is 40.8 Å². The Kier molecular flexibility index (Phi) is 5.22. The monoisotopic (exact) mass is 442 g/mol. The molecule has 0 bridgehead atoms. The van der Waals surface area contributed by atoms with Crippen LogP contribution in [0.5, 0.6) is 0 Å². The molecule has 1 saturated heterocycles. The van der Waals surface area contributed by atoms with Gasteiger partial charge in [0.15, 0.2) is 5.65 Å². The molecule has 2 aromatic heterocycles. The number of rotatable bonds is 3. The second-order valence-electron chi connectivity index (χ2n) is 10.0. The lowest BCUT2D eigenvalue weighted by Crippen LogP contribution is -2.41. The van der Waals surface area contributed by atoms with Crippen molar-refractivity contribution in [3.8, 4) is 0 Å². The molecule has 5 rings (SSSR count). The summed E-state index contributed by atoms with van der Waals surface area (Å²) in [5.74, 6) is 0.754. The highest BCUT2D eigenvalue weighted by molar-refractivity contribution is 6.04. The molecule has 3 N–H and O–H groups in total. The molecule has 0 radical (unpaired) electrons. The third-order valence-electron chi connectivity index (χ3n) is 7.39. The number of hydrogen-bond donors (Lipinski definition) is 2. The summed E-state index contributed by atoms with van der Waals surface area (Å²) >= 11 is 0. The maximum atomic E-state index is 12.7. The standard InChI is InChI=1S/C24H30N4O2.ClH/c1-23(2)9-8-15-19(23)18(20(25)30)21-26-16-6-4-5-7-17(16)28(21)22(15)27-12-10-24(3,14-29)11-13-27;/h4-7,29H,8-14H2,1-3H3,(H2,25,30);1H. The Morgan fingerprint density at radius 2 is 1.84 bits per heavy atom. The van der Waals surface area contributed by atoms with Crippen LogP contribution in [0.1, 0.15) is 61.5 Å². The highest BCUT2D eigenvalue weighted by atomic mass is 35.5. The highest BCUT2D eigenvalue weighted by Crippen LogP contribution is 2.47. The number of aliphatic hydroxyl groups excluding tert-OH is 1. The quantitative estimate of drug-likeness (QED) is 0.645. The molecule has 31 heavy (non-hydrogen) atoms. The molecule has 3 aromatic rings. The van der Waals surface area contributed by atoms with Crippen molar-refractivity contribution in [1.29, 1.82) is 0 Å². The lowest BCUT2D eigenvalue weighted by molar-refractivity contribution is 0.0999. The number of aliphatic hydroxyl groups is 1. The van der Waals surface area contributed by atoms with Crippen LogP contribution in [0.15, 0.2) is 24.3 Å². The number of hydrogen-bond acceptors (Lipinski definition) is 4. The van der Waals surface area contributed by atoms with Crippen LogP contribution in [0.4, 0.5) is 5.82 Å². The normalized spacial score (nSPS) is 19.4. The summed E-state index contributed by atoms with van der Waals surface area (Å²) in [4.78, 5) is 20.0. The number of benzene rings is 1. The van der Waals surface area contributed by atoms with Gasteiger partial charge in [-0.05, 0) is 59.8 Å². The van der Waals surface area contributed by atoms with E-state index in [1.165, 1.54) is 5.56 Å². The Hall–Kier alpha value is -2.31. The van der Waals surface area contributed by atoms with Crippen molar-refractivity contribution in [2.45, 2.75) is 51.9 Å². The maximum Gasteiger partial charge on any atom is 0.252 e. The summed E-state index contributed by atoms with van der Waals surface area (Å²) in [6, 6.07) is 8.05. The molecule has 0 unspecified atom stereocenters. The van der Waals surface area contributed by atoms with Crippen LogP contribution in [0.2, 0.25) is 0 Å². The van der Waals surface area contributed by atoms with Crippen molar-refractivity contribution in [3.05, 3.63) is 41.0 Å². The van der Waals surface area contributed by atoms with Crippen LogP contribution in [0.25, 0.3) is 16.7 Å². The van der Waals surface area contributed by atoms with Gasteiger partial charge in [-0.1, -0.05) is 32.9 Å². The lowest BCUT2D eigenvalue weighted by atomic mass is 9.81. The minimum atomic E-state index is -0.403. The second-order valence-corrected chi connectivity index (χ2v) is 10.0. The molecular formula is C24H31ClN4O2. The van der Waals surface area contributed by atoms with Gasteiger partial charge in [-0.25, -0.2) is 4.98 Å². The minimum absolute atomic E-state index is 0. The molecule has 1 amide bonds. The molecule has 7 heteroatoms. The van der Waals surface area contributed by atoms with Gasteiger partial charge < -0.3 is 15.7 Å². The SMILES string of the molecule is CC1(CO)CCN(c2c3c(c(C(N)=O)c4nc5ccccc5n24)C(C)(C)CC3)CC1.Cl. The van der Waals surface area contributed by atoms with E-state index in [2.05, 4.69) is 36.1 Å². The Balaban J connectivity index is 0.00000231. The number of carbonyl (C=O) groups excluding carboxylic acids is 1. The van der Waals surface area contributed by atoms with Crippen molar-refractivity contribution in [2.75, 3.05) is 24.6 Å². The Bertz CT molecular complexity index is 1180. The molecule has 6 nitrogen and oxygen atoms in total. The number of carbonyl (C=O) groups is 1. The van der Waals surface area contributed by atoms with Gasteiger partial charge in [0.2, 0.25) is 0 Å². The Labute approximate surface area is 188 Å². The molecular weight excluding hydrogens is 412 g/mol. The first kappa shape index (κ1) is 21.9. The first-order valence-electron chi connectivity index (χ1n) is 10.9. The number of halogens is 1. The minimum Gasteiger partial charge on any atom is -0.396 e. The largest absolute Gasteiger partial charge is 0.396 e. The smallest absolute Gasteiger partial charge is 0.252 e. The van der Waals surface area contributed by atoms with Crippen LogP contribution in [0, 0.1) is 5.41 Å². The van der Waals surface area contributed by atoms with Crippen molar-refractivity contribution in [2.24, 2.45) is 11.1 Å². The molecule has 1 aliphatic carbocycles. The zero-order chi connectivity index (χ0) is 21.3. The Morgan fingerprint density at radius 3 is 2.48 bits per heavy atom. The molecule has 0 atom stereocenters. The van der Waals surface area contributed by atoms with Gasteiger partial charge in [-0.3, -0.25) is 9.20 Å². The van der Waals surface area contributed by atoms with Crippen LogP contribution in [-0.2, 0) is 11.8 Å². The summed E-state index contributed by atoms with van der Waals surface area (Å²) in [6.07, 6.45) is 3.79. The maximum absolute atomic E-state index is 12.7. The second kappa shape index (κ2) is 7.38. The Morgan fingerprint density at radius 1 is 1.16 bits per heavy atom. The fourth-order valence-corrected chi connectivity index (χ4v) is 5.45.